The first-order chi connectivity index (χ1) is 15.7. The average molecular weight is 480 g/mol. The van der Waals surface area contributed by atoms with Gasteiger partial charge in [-0.2, -0.15) is 0 Å². The number of carbonyl (C=O) groups excluding carboxylic acids is 3. The number of anilines is 1. The minimum atomic E-state index is -0.747. The minimum absolute atomic E-state index is 0.0309. The number of aromatic nitrogens is 2. The molecule has 0 saturated heterocycles. The van der Waals surface area contributed by atoms with Crippen LogP contribution in [-0.4, -0.2) is 47.0 Å². The first-order valence-corrected chi connectivity index (χ1v) is 11.0. The highest BCUT2D eigenvalue weighted by Gasteiger charge is 2.31. The normalized spacial score (nSPS) is 19.0. The monoisotopic (exact) mass is 479 g/mol. The van der Waals surface area contributed by atoms with Crippen LogP contribution in [0.1, 0.15) is 59.6 Å². The third kappa shape index (κ3) is 5.88. The van der Waals surface area contributed by atoms with Gasteiger partial charge in [-0.05, 0) is 50.8 Å². The number of primary amides is 1. The van der Waals surface area contributed by atoms with E-state index in [9.17, 15) is 18.8 Å². The van der Waals surface area contributed by atoms with Gasteiger partial charge in [0, 0.05) is 25.6 Å². The Morgan fingerprint density at radius 1 is 1.30 bits per heavy atom. The number of hydrogen-bond acceptors (Lipinski definition) is 5. The molecule has 2 aromatic rings. The van der Waals surface area contributed by atoms with Crippen LogP contribution >= 0.6 is 11.6 Å². The van der Waals surface area contributed by atoms with E-state index < -0.39 is 17.6 Å². The Hall–Kier alpha value is -2.98. The lowest BCUT2D eigenvalue weighted by molar-refractivity contribution is -0.121. The lowest BCUT2D eigenvalue weighted by atomic mass is 9.85. The summed E-state index contributed by atoms with van der Waals surface area (Å²) >= 11 is 5.99. The molecule has 1 unspecified atom stereocenters. The van der Waals surface area contributed by atoms with Crippen LogP contribution < -0.4 is 16.4 Å². The molecule has 0 radical (unpaired) electrons. The topological polar surface area (TPSA) is 128 Å². The van der Waals surface area contributed by atoms with Crippen LogP contribution in [0.3, 0.4) is 0 Å². The Balaban J connectivity index is 1.65. The molecule has 0 aliphatic heterocycles. The highest BCUT2D eigenvalue weighted by molar-refractivity contribution is 6.33. The predicted molar refractivity (Wildman–Crippen MR) is 121 cm³/mol. The molecule has 1 aliphatic carbocycles. The standard InChI is InChI=1S/C22H27ClFN5O4/c1-12(33-2)10-26-22(32)18-19(20(25)30)29(11-27-18)15-6-3-13(4-7-15)21(31)28-17-8-5-14(24)9-16(17)23/h5,8-9,11-13,15H,3-4,6-7,10H2,1-2H3,(H2,25,30)(H,26,32)(H,28,31)/t12?,13-,15-. The maximum atomic E-state index is 13.2. The molecule has 0 spiro atoms. The first-order valence-electron chi connectivity index (χ1n) is 10.6. The van der Waals surface area contributed by atoms with E-state index in [1.54, 1.807) is 11.5 Å². The van der Waals surface area contributed by atoms with Gasteiger partial charge in [-0.3, -0.25) is 14.4 Å². The van der Waals surface area contributed by atoms with E-state index in [1.165, 1.54) is 25.6 Å². The van der Waals surface area contributed by atoms with E-state index in [0.717, 1.165) is 6.07 Å². The number of hydrogen-bond donors (Lipinski definition) is 3. The molecule has 178 valence electrons. The van der Waals surface area contributed by atoms with Gasteiger partial charge in [-0.25, -0.2) is 9.37 Å². The molecule has 3 amide bonds. The average Bonchev–Trinajstić information content (AvgIpc) is 3.24. The second-order valence-electron chi connectivity index (χ2n) is 8.09. The van der Waals surface area contributed by atoms with Gasteiger partial charge in [0.2, 0.25) is 5.91 Å². The Morgan fingerprint density at radius 2 is 2.00 bits per heavy atom. The number of ether oxygens (including phenoxy) is 1. The summed E-state index contributed by atoms with van der Waals surface area (Å²) in [5, 5.41) is 5.56. The fourth-order valence-electron chi connectivity index (χ4n) is 3.89. The van der Waals surface area contributed by atoms with Crippen LogP contribution in [0.25, 0.3) is 0 Å². The molecule has 0 bridgehead atoms. The van der Waals surface area contributed by atoms with Crippen molar-refractivity contribution >= 4 is 35.0 Å². The van der Waals surface area contributed by atoms with Crippen molar-refractivity contribution in [3.05, 3.63) is 46.8 Å². The molecule has 1 aromatic carbocycles. The Morgan fingerprint density at radius 3 is 2.61 bits per heavy atom. The van der Waals surface area contributed by atoms with Gasteiger partial charge in [-0.1, -0.05) is 11.6 Å². The van der Waals surface area contributed by atoms with Crippen molar-refractivity contribution in [2.75, 3.05) is 19.0 Å². The predicted octanol–water partition coefficient (Wildman–Crippen LogP) is 2.91. The molecule has 1 fully saturated rings. The van der Waals surface area contributed by atoms with Crippen molar-refractivity contribution in [2.24, 2.45) is 11.7 Å². The summed E-state index contributed by atoms with van der Waals surface area (Å²) in [7, 11) is 1.53. The summed E-state index contributed by atoms with van der Waals surface area (Å²) in [6.07, 6.45) is 3.54. The highest BCUT2D eigenvalue weighted by atomic mass is 35.5. The summed E-state index contributed by atoms with van der Waals surface area (Å²) < 4.78 is 19.9. The largest absolute Gasteiger partial charge is 0.380 e. The number of nitrogens with one attached hydrogen (secondary N) is 2. The highest BCUT2D eigenvalue weighted by Crippen LogP contribution is 2.34. The quantitative estimate of drug-likeness (QED) is 0.536. The van der Waals surface area contributed by atoms with E-state index in [4.69, 9.17) is 22.1 Å². The van der Waals surface area contributed by atoms with Crippen LogP contribution in [0.5, 0.6) is 0 Å². The van der Waals surface area contributed by atoms with Gasteiger partial charge in [0.15, 0.2) is 5.69 Å². The summed E-state index contributed by atoms with van der Waals surface area (Å²) in [6, 6.07) is 3.67. The number of methoxy groups -OCH3 is 1. The Kier molecular flexibility index (Phi) is 8.04. The molecular weight excluding hydrogens is 453 g/mol. The number of carbonyl (C=O) groups is 3. The number of imidazole rings is 1. The Bertz CT molecular complexity index is 1040. The van der Waals surface area contributed by atoms with Gasteiger partial charge >= 0.3 is 0 Å². The van der Waals surface area contributed by atoms with E-state index >= 15 is 0 Å². The molecule has 1 aliphatic rings. The van der Waals surface area contributed by atoms with E-state index in [2.05, 4.69) is 15.6 Å². The van der Waals surface area contributed by atoms with Crippen molar-refractivity contribution in [3.63, 3.8) is 0 Å². The number of nitrogens with two attached hydrogens (primary N) is 1. The third-order valence-electron chi connectivity index (χ3n) is 5.84. The van der Waals surface area contributed by atoms with Crippen molar-refractivity contribution < 1.29 is 23.5 Å². The number of halogens is 2. The van der Waals surface area contributed by atoms with Crippen molar-refractivity contribution in [2.45, 2.75) is 44.8 Å². The first kappa shape index (κ1) is 24.7. The van der Waals surface area contributed by atoms with Crippen LogP contribution in [-0.2, 0) is 9.53 Å². The number of rotatable bonds is 8. The number of benzene rings is 1. The smallest absolute Gasteiger partial charge is 0.272 e. The molecule has 9 nitrogen and oxygen atoms in total. The summed E-state index contributed by atoms with van der Waals surface area (Å²) in [5.74, 6) is -2.19. The summed E-state index contributed by atoms with van der Waals surface area (Å²) in [5.41, 5.74) is 5.93. The molecule has 1 saturated carbocycles. The molecular formula is C22H27ClFN5O4. The van der Waals surface area contributed by atoms with Crippen LogP contribution in [0.15, 0.2) is 24.5 Å². The third-order valence-corrected chi connectivity index (χ3v) is 6.16. The number of amides is 3. The van der Waals surface area contributed by atoms with Gasteiger partial charge in [0.25, 0.3) is 11.8 Å². The zero-order valence-electron chi connectivity index (χ0n) is 18.4. The van der Waals surface area contributed by atoms with Crippen LogP contribution in [0, 0.1) is 11.7 Å². The SMILES string of the molecule is COC(C)CNC(=O)c1ncn([C@H]2CC[C@H](C(=O)Nc3ccc(F)cc3Cl)CC2)c1C(N)=O. The van der Waals surface area contributed by atoms with Gasteiger partial charge < -0.3 is 25.7 Å². The number of nitrogens with zero attached hydrogens (tertiary/aromatic N) is 2. The van der Waals surface area contributed by atoms with Crippen molar-refractivity contribution in [1.82, 2.24) is 14.9 Å². The van der Waals surface area contributed by atoms with E-state index in [-0.39, 0.29) is 46.9 Å². The van der Waals surface area contributed by atoms with Crippen molar-refractivity contribution in [3.8, 4) is 0 Å². The van der Waals surface area contributed by atoms with Crippen LogP contribution in [0.4, 0.5) is 10.1 Å². The molecule has 11 heteroatoms. The lowest BCUT2D eigenvalue weighted by Crippen LogP contribution is -2.34. The molecule has 1 atom stereocenters. The molecule has 4 N–H and O–H groups in total. The Labute approximate surface area is 195 Å². The fourth-order valence-corrected chi connectivity index (χ4v) is 4.11. The molecule has 1 heterocycles. The van der Waals surface area contributed by atoms with E-state index in [0.29, 0.717) is 31.4 Å². The van der Waals surface area contributed by atoms with Gasteiger partial charge in [-0.15, -0.1) is 0 Å². The molecule has 1 aromatic heterocycles. The zero-order chi connectivity index (χ0) is 24.1. The second kappa shape index (κ2) is 10.8. The van der Waals surface area contributed by atoms with Crippen molar-refractivity contribution in [1.29, 1.82) is 0 Å². The fraction of sp³-hybridized carbons (Fsp3) is 0.455. The van der Waals surface area contributed by atoms with Gasteiger partial charge in [0.1, 0.15) is 11.5 Å². The summed E-state index contributed by atoms with van der Waals surface area (Å²) in [4.78, 5) is 41.4. The summed E-state index contributed by atoms with van der Waals surface area (Å²) in [6.45, 7) is 2.06. The van der Waals surface area contributed by atoms with Gasteiger partial charge in [0.05, 0.1) is 23.1 Å². The van der Waals surface area contributed by atoms with E-state index in [1.807, 2.05) is 0 Å². The zero-order valence-corrected chi connectivity index (χ0v) is 19.2. The molecule has 33 heavy (non-hydrogen) atoms. The lowest BCUT2D eigenvalue weighted by Gasteiger charge is -2.29. The minimum Gasteiger partial charge on any atom is -0.380 e. The van der Waals surface area contributed by atoms with Crippen LogP contribution in [0.2, 0.25) is 5.02 Å². The molecule has 3 rings (SSSR count). The maximum Gasteiger partial charge on any atom is 0.272 e. The maximum absolute atomic E-state index is 13.2. The second-order valence-corrected chi connectivity index (χ2v) is 8.50.